The number of benzene rings is 1. The molecule has 3 heterocycles. The smallest absolute Gasteiger partial charge is 0.410 e. The Bertz CT molecular complexity index is 1430. The summed E-state index contributed by atoms with van der Waals surface area (Å²) in [6, 6.07) is 3.87. The van der Waals surface area contributed by atoms with Gasteiger partial charge in [0.05, 0.1) is 12.1 Å². The lowest BCUT2D eigenvalue weighted by molar-refractivity contribution is -0.149. The summed E-state index contributed by atoms with van der Waals surface area (Å²) in [5.74, 6) is 0.919. The molecule has 3 amide bonds. The molecule has 3 aromatic rings. The number of fused-ring (bicyclic) bond motifs is 1. The summed E-state index contributed by atoms with van der Waals surface area (Å²) in [7, 11) is 0. The molecule has 2 aromatic heterocycles. The van der Waals surface area contributed by atoms with Crippen LogP contribution >= 0.6 is 11.3 Å². The van der Waals surface area contributed by atoms with Crippen LogP contribution in [-0.4, -0.2) is 45.6 Å². The minimum Gasteiger partial charge on any atom is -0.438 e. The number of hydrogen-bond acceptors (Lipinski definition) is 7. The number of oxazole rings is 1. The normalized spacial score (nSPS) is 20.6. The molecule has 3 fully saturated rings. The van der Waals surface area contributed by atoms with Crippen LogP contribution in [0.3, 0.4) is 0 Å². The molecule has 38 heavy (non-hydrogen) atoms. The van der Waals surface area contributed by atoms with E-state index in [0.717, 1.165) is 41.9 Å². The number of carbonyl (C=O) groups excluding carboxylic acids is 2. The van der Waals surface area contributed by atoms with Crippen LogP contribution in [0.4, 0.5) is 18.0 Å². The van der Waals surface area contributed by atoms with Crippen LogP contribution in [-0.2, 0) is 6.54 Å². The highest BCUT2D eigenvalue weighted by Crippen LogP contribution is 2.54. The lowest BCUT2D eigenvalue weighted by atomic mass is 9.89. The van der Waals surface area contributed by atoms with E-state index >= 15 is 0 Å². The Labute approximate surface area is 219 Å². The number of thiazole rings is 1. The van der Waals surface area contributed by atoms with E-state index in [2.05, 4.69) is 15.3 Å². The quantitative estimate of drug-likeness (QED) is 0.430. The largest absolute Gasteiger partial charge is 0.438 e. The van der Waals surface area contributed by atoms with E-state index in [1.807, 2.05) is 11.4 Å². The summed E-state index contributed by atoms with van der Waals surface area (Å²) in [5, 5.41) is 14.3. The maximum absolute atomic E-state index is 13.1. The molecule has 0 spiro atoms. The second-order valence-electron chi connectivity index (χ2n) is 10.1. The zero-order valence-corrected chi connectivity index (χ0v) is 20.8. The van der Waals surface area contributed by atoms with Crippen molar-refractivity contribution >= 4 is 34.4 Å². The second-order valence-corrected chi connectivity index (χ2v) is 11.0. The van der Waals surface area contributed by atoms with Gasteiger partial charge in [-0.05, 0) is 61.1 Å². The van der Waals surface area contributed by atoms with Crippen molar-refractivity contribution in [1.82, 2.24) is 25.5 Å². The molecule has 1 aliphatic heterocycles. The number of amides is 3. The Kier molecular flexibility index (Phi) is 6.02. The van der Waals surface area contributed by atoms with E-state index in [0.29, 0.717) is 34.4 Å². The number of carbonyl (C=O) groups is 2. The molecule has 0 bridgehead atoms. The van der Waals surface area contributed by atoms with Crippen molar-refractivity contribution < 1.29 is 27.2 Å². The van der Waals surface area contributed by atoms with Gasteiger partial charge in [-0.25, -0.2) is 14.8 Å². The number of nitrogens with one attached hydrogen (secondary N) is 2. The average molecular weight is 545 g/mol. The van der Waals surface area contributed by atoms with Crippen LogP contribution in [0.1, 0.15) is 58.5 Å². The van der Waals surface area contributed by atoms with Gasteiger partial charge >= 0.3 is 12.2 Å². The monoisotopic (exact) mass is 544 g/mol. The van der Waals surface area contributed by atoms with Crippen molar-refractivity contribution in [3.05, 3.63) is 45.7 Å². The van der Waals surface area contributed by atoms with Gasteiger partial charge in [-0.15, -0.1) is 11.3 Å². The fourth-order valence-corrected chi connectivity index (χ4v) is 5.84. The molecule has 2 N–H and O–H groups in total. The van der Waals surface area contributed by atoms with Gasteiger partial charge in [0.25, 0.3) is 5.91 Å². The van der Waals surface area contributed by atoms with Gasteiger partial charge in [0.2, 0.25) is 5.89 Å². The van der Waals surface area contributed by atoms with Crippen molar-refractivity contribution in [2.45, 2.75) is 50.5 Å². The third-order valence-electron chi connectivity index (χ3n) is 7.38. The maximum atomic E-state index is 13.1. The third kappa shape index (κ3) is 4.80. The van der Waals surface area contributed by atoms with Crippen molar-refractivity contribution in [2.24, 2.45) is 17.8 Å². The minimum atomic E-state index is -4.51. The molecule has 2 aliphatic carbocycles. The van der Waals surface area contributed by atoms with Gasteiger partial charge in [0, 0.05) is 6.54 Å². The van der Waals surface area contributed by atoms with Crippen LogP contribution in [0.25, 0.3) is 11.1 Å². The lowest BCUT2D eigenvalue weighted by Gasteiger charge is -2.25. The number of nitriles is 1. The number of halogens is 3. The lowest BCUT2D eigenvalue weighted by Crippen LogP contribution is -2.40. The molecule has 3 aliphatic rings. The van der Waals surface area contributed by atoms with Crippen molar-refractivity contribution in [3.8, 4) is 6.07 Å². The van der Waals surface area contributed by atoms with E-state index in [9.17, 15) is 28.0 Å². The van der Waals surface area contributed by atoms with Crippen molar-refractivity contribution in [2.75, 3.05) is 6.54 Å². The molecule has 2 saturated carbocycles. The van der Waals surface area contributed by atoms with Crippen LogP contribution in [0.5, 0.6) is 0 Å². The fourth-order valence-electron chi connectivity index (χ4n) is 5.26. The summed E-state index contributed by atoms with van der Waals surface area (Å²) >= 11 is 1.10. The number of hydrogen-bond donors (Lipinski definition) is 2. The third-order valence-corrected chi connectivity index (χ3v) is 8.11. The van der Waals surface area contributed by atoms with Gasteiger partial charge in [-0.1, -0.05) is 6.07 Å². The van der Waals surface area contributed by atoms with Gasteiger partial charge < -0.3 is 20.0 Å². The molecule has 198 valence electrons. The first kappa shape index (κ1) is 24.7. The summed E-state index contributed by atoms with van der Waals surface area (Å²) in [4.78, 5) is 35.3. The summed E-state index contributed by atoms with van der Waals surface area (Å²) in [6.45, 7) is -0.478. The number of rotatable bonds is 8. The fraction of sp³-hybridized carbons (Fsp3) is 0.480. The van der Waals surface area contributed by atoms with E-state index in [-0.39, 0.29) is 23.0 Å². The Morgan fingerprint density at radius 1 is 1.29 bits per heavy atom. The molecule has 0 radical (unpaired) electrons. The molecular formula is C25H23F3N6O3S. The Morgan fingerprint density at radius 3 is 2.66 bits per heavy atom. The molecular weight excluding hydrogens is 521 g/mol. The first-order chi connectivity index (χ1) is 18.2. The Balaban J connectivity index is 1.27. The van der Waals surface area contributed by atoms with Crippen LogP contribution in [0, 0.1) is 29.1 Å². The Morgan fingerprint density at radius 2 is 2.03 bits per heavy atom. The molecule has 13 heteroatoms. The second kappa shape index (κ2) is 9.27. The number of nitrogens with zero attached hydrogens (tertiary/aromatic N) is 4. The van der Waals surface area contributed by atoms with E-state index in [4.69, 9.17) is 4.42 Å². The number of urea groups is 1. The highest BCUT2D eigenvalue weighted by Gasteiger charge is 2.49. The van der Waals surface area contributed by atoms with Gasteiger partial charge in [0.15, 0.2) is 11.3 Å². The average Bonchev–Trinajstić information content (AvgIpc) is 3.76. The van der Waals surface area contributed by atoms with Crippen LogP contribution in [0.15, 0.2) is 28.1 Å². The first-order valence-electron chi connectivity index (χ1n) is 12.4. The molecule has 2 unspecified atom stereocenters. The SMILES string of the molecule is N#Cc1scnc1C(=O)NC(c1nc2cc(CN3CC(C(F)(F)F)NC3=O)ccc2o1)C(C1CC1)C1CC1. The first-order valence-corrected chi connectivity index (χ1v) is 13.2. The van der Waals surface area contributed by atoms with Gasteiger partial charge in [-0.2, -0.15) is 18.4 Å². The van der Waals surface area contributed by atoms with E-state index < -0.39 is 36.7 Å². The molecule has 1 aromatic carbocycles. The highest BCUT2D eigenvalue weighted by molar-refractivity contribution is 7.10. The minimum absolute atomic E-state index is 0.00968. The van der Waals surface area contributed by atoms with Crippen molar-refractivity contribution in [1.29, 1.82) is 5.26 Å². The molecule has 2 atom stereocenters. The molecule has 1 saturated heterocycles. The van der Waals surface area contributed by atoms with E-state index in [1.165, 1.54) is 5.51 Å². The van der Waals surface area contributed by atoms with Crippen LogP contribution in [0.2, 0.25) is 0 Å². The topological polar surface area (TPSA) is 124 Å². The Hall–Kier alpha value is -3.66. The molecule has 9 nitrogen and oxygen atoms in total. The summed E-state index contributed by atoms with van der Waals surface area (Å²) < 4.78 is 45.2. The van der Waals surface area contributed by atoms with Gasteiger partial charge in [-0.3, -0.25) is 4.79 Å². The maximum Gasteiger partial charge on any atom is 0.410 e. The van der Waals surface area contributed by atoms with E-state index in [1.54, 1.807) is 18.2 Å². The van der Waals surface area contributed by atoms with Crippen LogP contribution < -0.4 is 10.6 Å². The number of alkyl halides is 3. The van der Waals surface area contributed by atoms with Gasteiger partial charge in [0.1, 0.15) is 28.5 Å². The predicted octanol–water partition coefficient (Wildman–Crippen LogP) is 4.52. The van der Waals surface area contributed by atoms with Crippen molar-refractivity contribution in [3.63, 3.8) is 0 Å². The summed E-state index contributed by atoms with van der Waals surface area (Å²) in [6.07, 6.45) is -0.255. The summed E-state index contributed by atoms with van der Waals surface area (Å²) in [5.41, 5.74) is 3.10. The predicted molar refractivity (Wildman–Crippen MR) is 129 cm³/mol. The highest BCUT2D eigenvalue weighted by atomic mass is 32.1. The molecule has 6 rings (SSSR count). The number of aromatic nitrogens is 2. The standard InChI is InChI=1S/C25H23F3N6O3S/c26-25(27,28)18-10-34(24(36)32-18)9-12-1-6-16-15(7-12)31-23(37-16)21(19(13-2-3-13)14-4-5-14)33-22(35)20-17(8-29)38-11-30-20/h1,6-7,11,13-14,18-19,21H,2-5,9-10H2,(H,32,36)(H,33,35). The zero-order valence-electron chi connectivity index (χ0n) is 20.0. The zero-order chi connectivity index (χ0) is 26.6.